The zero-order valence-electron chi connectivity index (χ0n) is 20.4. The number of piperazine rings is 1. The molecule has 35 heavy (non-hydrogen) atoms. The number of carbonyl (C=O) groups excluding carboxylic acids is 1. The molecule has 188 valence electrons. The fraction of sp³-hybridized carbons (Fsp3) is 0.577. The summed E-state index contributed by atoms with van der Waals surface area (Å²) in [5.74, 6) is -0.325. The van der Waals surface area contributed by atoms with Crippen LogP contribution < -0.4 is 10.2 Å². The monoisotopic (exact) mass is 503 g/mol. The van der Waals surface area contributed by atoms with Gasteiger partial charge in [-0.2, -0.15) is 0 Å². The van der Waals surface area contributed by atoms with Gasteiger partial charge in [-0.1, -0.05) is 24.6 Å². The van der Waals surface area contributed by atoms with Gasteiger partial charge in [-0.25, -0.2) is 18.7 Å². The lowest BCUT2D eigenvalue weighted by Gasteiger charge is -2.39. The number of hydrogen-bond acceptors (Lipinski definition) is 5. The summed E-state index contributed by atoms with van der Waals surface area (Å²) >= 11 is 6.00. The summed E-state index contributed by atoms with van der Waals surface area (Å²) in [5.41, 5.74) is 1.66. The zero-order chi connectivity index (χ0) is 24.9. The van der Waals surface area contributed by atoms with Crippen molar-refractivity contribution in [1.82, 2.24) is 20.2 Å². The Morgan fingerprint density at radius 1 is 1.23 bits per heavy atom. The number of alkyl halides is 1. The van der Waals surface area contributed by atoms with Gasteiger partial charge in [0.25, 0.3) is 0 Å². The first-order valence-corrected chi connectivity index (χ1v) is 12.8. The predicted octanol–water partition coefficient (Wildman–Crippen LogP) is 4.75. The minimum absolute atomic E-state index is 0.0601. The Morgan fingerprint density at radius 2 is 1.97 bits per heavy atom. The van der Waals surface area contributed by atoms with Crippen LogP contribution in [0.25, 0.3) is 0 Å². The third kappa shape index (κ3) is 4.62. The van der Waals surface area contributed by atoms with E-state index < -0.39 is 17.9 Å². The highest BCUT2D eigenvalue weighted by Gasteiger charge is 2.42. The Morgan fingerprint density at radius 3 is 2.63 bits per heavy atom. The molecule has 5 rings (SSSR count). The molecule has 1 amide bonds. The molecule has 0 spiro atoms. The number of anilines is 1. The third-order valence-electron chi connectivity index (χ3n) is 7.76. The molecule has 2 saturated heterocycles. The van der Waals surface area contributed by atoms with Gasteiger partial charge in [-0.05, 0) is 51.2 Å². The fourth-order valence-electron chi connectivity index (χ4n) is 5.94. The Kier molecular flexibility index (Phi) is 6.46. The highest BCUT2D eigenvalue weighted by molar-refractivity contribution is 6.30. The lowest BCUT2D eigenvalue weighted by Crippen LogP contribution is -2.53. The van der Waals surface area contributed by atoms with E-state index in [2.05, 4.69) is 34.0 Å². The maximum atomic E-state index is 15.0. The van der Waals surface area contributed by atoms with Crippen molar-refractivity contribution in [1.29, 1.82) is 0 Å². The first kappa shape index (κ1) is 24.4. The van der Waals surface area contributed by atoms with E-state index in [1.165, 1.54) is 12.4 Å². The van der Waals surface area contributed by atoms with Crippen molar-refractivity contribution >= 4 is 23.3 Å². The largest absolute Gasteiger partial charge is 0.353 e. The van der Waals surface area contributed by atoms with Gasteiger partial charge in [0.1, 0.15) is 24.1 Å². The van der Waals surface area contributed by atoms with Crippen LogP contribution in [-0.2, 0) is 4.79 Å². The molecule has 4 atom stereocenters. The van der Waals surface area contributed by atoms with Gasteiger partial charge in [-0.15, -0.1) is 0 Å². The van der Waals surface area contributed by atoms with Gasteiger partial charge < -0.3 is 15.1 Å². The van der Waals surface area contributed by atoms with Gasteiger partial charge in [0, 0.05) is 53.9 Å². The van der Waals surface area contributed by atoms with E-state index in [1.807, 2.05) is 11.8 Å². The zero-order valence-corrected chi connectivity index (χ0v) is 21.2. The Balaban J connectivity index is 1.36. The normalized spacial score (nSPS) is 26.6. The van der Waals surface area contributed by atoms with Crippen LogP contribution in [0.2, 0.25) is 5.02 Å². The van der Waals surface area contributed by atoms with Gasteiger partial charge in [0.05, 0.1) is 11.6 Å². The summed E-state index contributed by atoms with van der Waals surface area (Å²) in [6, 6.07) is 4.42. The van der Waals surface area contributed by atoms with Crippen molar-refractivity contribution in [2.75, 3.05) is 31.1 Å². The molecule has 1 aliphatic carbocycles. The third-order valence-corrected chi connectivity index (χ3v) is 7.99. The summed E-state index contributed by atoms with van der Waals surface area (Å²) in [7, 11) is 0. The molecule has 1 aromatic heterocycles. The molecule has 1 N–H and O–H groups in total. The SMILES string of the molecule is C[C@@H]1C[C@H](F)c2ncnc(N3CCN(C(=O)C(c4ccc(Cl)cc4F)[C@@H]4CCC(C)(C)N4)CC3)c21. The number of nitrogens with zero attached hydrogens (tertiary/aromatic N) is 4. The van der Waals surface area contributed by atoms with E-state index in [0.29, 0.717) is 48.9 Å². The molecular formula is C26H32ClF2N5O. The second-order valence-corrected chi connectivity index (χ2v) is 11.2. The van der Waals surface area contributed by atoms with E-state index in [9.17, 15) is 9.18 Å². The quantitative estimate of drug-likeness (QED) is 0.652. The Labute approximate surface area is 210 Å². The molecule has 0 radical (unpaired) electrons. The number of amides is 1. The van der Waals surface area contributed by atoms with Crippen LogP contribution in [0.15, 0.2) is 24.5 Å². The molecular weight excluding hydrogens is 472 g/mol. The maximum absolute atomic E-state index is 15.0. The van der Waals surface area contributed by atoms with Crippen molar-refractivity contribution in [3.63, 3.8) is 0 Å². The number of halogens is 3. The Bertz CT molecular complexity index is 1120. The van der Waals surface area contributed by atoms with E-state index in [1.54, 1.807) is 12.1 Å². The van der Waals surface area contributed by atoms with Gasteiger partial charge >= 0.3 is 0 Å². The van der Waals surface area contributed by atoms with Crippen LogP contribution in [0, 0.1) is 5.82 Å². The van der Waals surface area contributed by atoms with Crippen LogP contribution in [0.3, 0.4) is 0 Å². The summed E-state index contributed by atoms with van der Waals surface area (Å²) in [6.45, 7) is 8.37. The van der Waals surface area contributed by atoms with Crippen LogP contribution in [0.5, 0.6) is 0 Å². The number of hydrogen-bond donors (Lipinski definition) is 1. The number of aromatic nitrogens is 2. The molecule has 1 aromatic carbocycles. The van der Waals surface area contributed by atoms with Crippen LogP contribution in [0.4, 0.5) is 14.6 Å². The predicted molar refractivity (Wildman–Crippen MR) is 132 cm³/mol. The van der Waals surface area contributed by atoms with Gasteiger partial charge in [0.15, 0.2) is 0 Å². The van der Waals surface area contributed by atoms with Crippen molar-refractivity contribution in [2.24, 2.45) is 0 Å². The molecule has 1 unspecified atom stereocenters. The van der Waals surface area contributed by atoms with E-state index in [4.69, 9.17) is 11.6 Å². The van der Waals surface area contributed by atoms with Crippen molar-refractivity contribution in [2.45, 2.75) is 69.6 Å². The average molecular weight is 504 g/mol. The van der Waals surface area contributed by atoms with Crippen molar-refractivity contribution < 1.29 is 13.6 Å². The Hall–Kier alpha value is -2.32. The highest BCUT2D eigenvalue weighted by atomic mass is 35.5. The number of nitrogens with one attached hydrogen (secondary N) is 1. The van der Waals surface area contributed by atoms with Gasteiger partial charge in [0.2, 0.25) is 5.91 Å². The second-order valence-electron chi connectivity index (χ2n) is 10.7. The topological polar surface area (TPSA) is 61.4 Å². The van der Waals surface area contributed by atoms with Crippen LogP contribution in [0.1, 0.15) is 74.9 Å². The number of rotatable bonds is 4. The minimum atomic E-state index is -1.05. The smallest absolute Gasteiger partial charge is 0.231 e. The van der Waals surface area contributed by atoms with Crippen molar-refractivity contribution in [3.05, 3.63) is 52.2 Å². The molecule has 2 aromatic rings. The lowest BCUT2D eigenvalue weighted by atomic mass is 9.88. The molecule has 0 saturated carbocycles. The van der Waals surface area contributed by atoms with E-state index >= 15 is 4.39 Å². The lowest BCUT2D eigenvalue weighted by molar-refractivity contribution is -0.133. The highest BCUT2D eigenvalue weighted by Crippen LogP contribution is 2.45. The molecule has 3 aliphatic rings. The van der Waals surface area contributed by atoms with Crippen LogP contribution >= 0.6 is 11.6 Å². The first-order valence-electron chi connectivity index (χ1n) is 12.4. The molecule has 2 aliphatic heterocycles. The molecule has 0 bridgehead atoms. The molecule has 3 heterocycles. The standard InChI is InChI=1S/C26H32ClF2N5O/c1-15-12-19(29)23-21(15)24(31-14-30-23)33-8-10-34(11-9-33)25(35)22(20-6-7-26(2,3)32-20)17-5-4-16(27)13-18(17)28/h4-5,13-15,19-20,22,32H,6-12H2,1-3H3/t15-,19+,20+,22?/m1/s1. The summed E-state index contributed by atoms with van der Waals surface area (Å²) in [5, 5.41) is 3.87. The number of fused-ring (bicyclic) bond motifs is 1. The molecule has 6 nitrogen and oxygen atoms in total. The van der Waals surface area contributed by atoms with E-state index in [0.717, 1.165) is 24.2 Å². The van der Waals surface area contributed by atoms with Crippen LogP contribution in [-0.4, -0.2) is 58.5 Å². The fourth-order valence-corrected chi connectivity index (χ4v) is 6.10. The summed E-state index contributed by atoms with van der Waals surface area (Å²) < 4.78 is 29.4. The maximum Gasteiger partial charge on any atom is 0.231 e. The van der Waals surface area contributed by atoms with Crippen molar-refractivity contribution in [3.8, 4) is 0 Å². The summed E-state index contributed by atoms with van der Waals surface area (Å²) in [6.07, 6.45) is 2.52. The number of benzene rings is 1. The average Bonchev–Trinajstić information content (AvgIpc) is 3.33. The van der Waals surface area contributed by atoms with Gasteiger partial charge in [-0.3, -0.25) is 4.79 Å². The molecule has 9 heteroatoms. The minimum Gasteiger partial charge on any atom is -0.353 e. The molecule has 2 fully saturated rings. The first-order chi connectivity index (χ1) is 16.6. The summed E-state index contributed by atoms with van der Waals surface area (Å²) in [4.78, 5) is 26.5. The number of carbonyl (C=O) groups is 1. The van der Waals surface area contributed by atoms with E-state index in [-0.39, 0.29) is 23.4 Å². The second kappa shape index (κ2) is 9.28.